The fraction of sp³-hybridized carbons (Fsp3) is 0. The van der Waals surface area contributed by atoms with Crippen LogP contribution in [0.15, 0.2) is 46.7 Å². The standard InChI is InChI=1S/C11H7N3O4S/c15-11(16)7-1-2-9(13-6-7)19-10-5-8(14(17)18)3-4-12-10/h1-6H,(H,15,16). The molecule has 0 amide bonds. The third kappa shape index (κ3) is 3.26. The molecule has 0 saturated heterocycles. The summed E-state index contributed by atoms with van der Waals surface area (Å²) < 4.78 is 0. The molecule has 2 heterocycles. The van der Waals surface area contributed by atoms with Crippen molar-refractivity contribution in [3.05, 3.63) is 52.3 Å². The zero-order valence-electron chi connectivity index (χ0n) is 9.39. The van der Waals surface area contributed by atoms with Crippen LogP contribution in [0.25, 0.3) is 0 Å². The number of nitrogens with zero attached hydrogens (tertiary/aromatic N) is 3. The van der Waals surface area contributed by atoms with Crippen molar-refractivity contribution in [1.82, 2.24) is 9.97 Å². The first-order valence-electron chi connectivity index (χ1n) is 5.04. The molecular weight excluding hydrogens is 270 g/mol. The molecule has 0 radical (unpaired) electrons. The number of carboxylic acid groups (broad SMARTS) is 1. The summed E-state index contributed by atoms with van der Waals surface area (Å²) in [5.41, 5.74) is 0.0241. The van der Waals surface area contributed by atoms with E-state index in [0.717, 1.165) is 11.8 Å². The second kappa shape index (κ2) is 5.44. The molecular formula is C11H7N3O4S. The van der Waals surface area contributed by atoms with Crippen molar-refractivity contribution in [2.45, 2.75) is 10.1 Å². The van der Waals surface area contributed by atoms with Crippen LogP contribution in [0, 0.1) is 10.1 Å². The predicted molar refractivity (Wildman–Crippen MR) is 66.2 cm³/mol. The molecule has 1 N–H and O–H groups in total. The van der Waals surface area contributed by atoms with Crippen molar-refractivity contribution in [3.63, 3.8) is 0 Å². The maximum atomic E-state index is 10.7. The maximum Gasteiger partial charge on any atom is 0.337 e. The number of rotatable bonds is 4. The van der Waals surface area contributed by atoms with Crippen molar-refractivity contribution in [2.75, 3.05) is 0 Å². The summed E-state index contributed by atoms with van der Waals surface area (Å²) in [4.78, 5) is 28.7. The van der Waals surface area contributed by atoms with E-state index in [1.54, 1.807) is 0 Å². The van der Waals surface area contributed by atoms with Gasteiger partial charge in [0.2, 0.25) is 0 Å². The van der Waals surface area contributed by atoms with Crippen molar-refractivity contribution in [1.29, 1.82) is 0 Å². The Morgan fingerprint density at radius 1 is 1.26 bits per heavy atom. The molecule has 96 valence electrons. The molecule has 2 aromatic heterocycles. The highest BCUT2D eigenvalue weighted by Crippen LogP contribution is 2.26. The van der Waals surface area contributed by atoms with Gasteiger partial charge in [0.25, 0.3) is 5.69 Å². The lowest BCUT2D eigenvalue weighted by molar-refractivity contribution is -0.385. The Hall–Kier alpha value is -2.48. The van der Waals surface area contributed by atoms with Gasteiger partial charge in [0, 0.05) is 24.5 Å². The van der Waals surface area contributed by atoms with Crippen molar-refractivity contribution >= 4 is 23.4 Å². The minimum Gasteiger partial charge on any atom is -0.478 e. The first-order valence-corrected chi connectivity index (χ1v) is 5.85. The average Bonchev–Trinajstić information content (AvgIpc) is 2.39. The van der Waals surface area contributed by atoms with Crippen LogP contribution >= 0.6 is 11.8 Å². The van der Waals surface area contributed by atoms with Gasteiger partial charge in [-0.3, -0.25) is 10.1 Å². The highest BCUT2D eigenvalue weighted by atomic mass is 32.2. The van der Waals surface area contributed by atoms with Gasteiger partial charge in [0.05, 0.1) is 10.5 Å². The van der Waals surface area contributed by atoms with Crippen LogP contribution in [-0.4, -0.2) is 26.0 Å². The number of aromatic nitrogens is 2. The minimum absolute atomic E-state index is 0.0559. The van der Waals surface area contributed by atoms with Crippen LogP contribution in [0.3, 0.4) is 0 Å². The Morgan fingerprint density at radius 2 is 2.05 bits per heavy atom. The SMILES string of the molecule is O=C(O)c1ccc(Sc2cc([N+](=O)[O-])ccn2)nc1. The quantitative estimate of drug-likeness (QED) is 0.674. The van der Waals surface area contributed by atoms with Gasteiger partial charge in [0.1, 0.15) is 10.1 Å². The Kier molecular flexibility index (Phi) is 3.71. The fourth-order valence-electron chi connectivity index (χ4n) is 1.24. The molecule has 0 unspecified atom stereocenters. The first kappa shape index (κ1) is 13.0. The van der Waals surface area contributed by atoms with E-state index in [9.17, 15) is 14.9 Å². The predicted octanol–water partition coefficient (Wildman–Crippen LogP) is 2.23. The molecule has 0 aliphatic carbocycles. The number of carbonyl (C=O) groups is 1. The lowest BCUT2D eigenvalue weighted by Crippen LogP contribution is -1.96. The Bertz CT molecular complexity index is 630. The third-order valence-electron chi connectivity index (χ3n) is 2.12. The summed E-state index contributed by atoms with van der Waals surface area (Å²) >= 11 is 1.12. The highest BCUT2D eigenvalue weighted by molar-refractivity contribution is 7.99. The van der Waals surface area contributed by atoms with Crippen LogP contribution in [0.1, 0.15) is 10.4 Å². The van der Waals surface area contributed by atoms with E-state index in [4.69, 9.17) is 5.11 Å². The molecule has 19 heavy (non-hydrogen) atoms. The van der Waals surface area contributed by atoms with Crippen molar-refractivity contribution in [3.8, 4) is 0 Å². The first-order chi connectivity index (χ1) is 9.06. The molecule has 0 aliphatic heterocycles. The molecule has 2 rings (SSSR count). The fourth-order valence-corrected chi connectivity index (χ4v) is 1.99. The van der Waals surface area contributed by atoms with Gasteiger partial charge in [-0.2, -0.15) is 0 Å². The van der Waals surface area contributed by atoms with Crippen LogP contribution in [-0.2, 0) is 0 Å². The molecule has 0 fully saturated rings. The monoisotopic (exact) mass is 277 g/mol. The van der Waals surface area contributed by atoms with E-state index < -0.39 is 10.9 Å². The number of nitro groups is 1. The number of hydrogen-bond acceptors (Lipinski definition) is 6. The van der Waals surface area contributed by atoms with Gasteiger partial charge in [-0.25, -0.2) is 14.8 Å². The molecule has 7 nitrogen and oxygen atoms in total. The average molecular weight is 277 g/mol. The van der Waals surface area contributed by atoms with E-state index in [0.29, 0.717) is 10.1 Å². The number of hydrogen-bond donors (Lipinski definition) is 1. The molecule has 0 aromatic carbocycles. The van der Waals surface area contributed by atoms with Gasteiger partial charge in [-0.1, -0.05) is 0 Å². The summed E-state index contributed by atoms with van der Waals surface area (Å²) in [6, 6.07) is 5.56. The van der Waals surface area contributed by atoms with E-state index in [2.05, 4.69) is 9.97 Å². The Labute approximate surface area is 111 Å². The second-order valence-corrected chi connectivity index (χ2v) is 4.44. The smallest absolute Gasteiger partial charge is 0.337 e. The van der Waals surface area contributed by atoms with Crippen molar-refractivity contribution < 1.29 is 14.8 Å². The number of aromatic carboxylic acids is 1. The van der Waals surface area contributed by atoms with E-state index in [1.807, 2.05) is 0 Å². The zero-order valence-corrected chi connectivity index (χ0v) is 10.2. The Morgan fingerprint density at radius 3 is 2.63 bits per heavy atom. The summed E-state index contributed by atoms with van der Waals surface area (Å²) in [6.45, 7) is 0. The zero-order chi connectivity index (χ0) is 13.8. The molecule has 0 spiro atoms. The van der Waals surface area contributed by atoms with E-state index >= 15 is 0 Å². The molecule has 0 atom stereocenters. The molecule has 8 heteroatoms. The van der Waals surface area contributed by atoms with Gasteiger partial charge in [-0.15, -0.1) is 0 Å². The van der Waals surface area contributed by atoms with Gasteiger partial charge in [0.15, 0.2) is 0 Å². The van der Waals surface area contributed by atoms with Crippen LogP contribution < -0.4 is 0 Å². The summed E-state index contributed by atoms with van der Waals surface area (Å²) in [7, 11) is 0. The summed E-state index contributed by atoms with van der Waals surface area (Å²) in [6.07, 6.45) is 2.56. The van der Waals surface area contributed by atoms with E-state index in [1.165, 1.54) is 36.7 Å². The summed E-state index contributed by atoms with van der Waals surface area (Å²) in [5.74, 6) is -1.06. The topological polar surface area (TPSA) is 106 Å². The molecule has 0 saturated carbocycles. The Balaban J connectivity index is 2.19. The minimum atomic E-state index is -1.06. The summed E-state index contributed by atoms with van der Waals surface area (Å²) in [5, 5.41) is 20.3. The maximum absolute atomic E-state index is 10.7. The molecule has 2 aromatic rings. The van der Waals surface area contributed by atoms with Gasteiger partial charge >= 0.3 is 5.97 Å². The van der Waals surface area contributed by atoms with Crippen LogP contribution in [0.5, 0.6) is 0 Å². The van der Waals surface area contributed by atoms with E-state index in [-0.39, 0.29) is 11.3 Å². The lowest BCUT2D eigenvalue weighted by atomic mass is 10.3. The molecule has 0 aliphatic rings. The van der Waals surface area contributed by atoms with Crippen LogP contribution in [0.4, 0.5) is 5.69 Å². The highest BCUT2D eigenvalue weighted by Gasteiger charge is 2.09. The third-order valence-corrected chi connectivity index (χ3v) is 3.00. The van der Waals surface area contributed by atoms with Gasteiger partial charge < -0.3 is 5.11 Å². The largest absolute Gasteiger partial charge is 0.478 e. The molecule has 0 bridgehead atoms. The van der Waals surface area contributed by atoms with Crippen molar-refractivity contribution in [2.24, 2.45) is 0 Å². The lowest BCUT2D eigenvalue weighted by Gasteiger charge is -2.00. The number of carboxylic acids is 1. The van der Waals surface area contributed by atoms with Crippen LogP contribution in [0.2, 0.25) is 0 Å². The normalized spacial score (nSPS) is 10.1. The second-order valence-electron chi connectivity index (χ2n) is 3.40. The number of pyridine rings is 2. The van der Waals surface area contributed by atoms with Gasteiger partial charge in [-0.05, 0) is 23.9 Å².